The first-order chi connectivity index (χ1) is 21.1. The Hall–Kier alpha value is -5.34. The average Bonchev–Trinajstić information content (AvgIpc) is 3.09. The van der Waals surface area contributed by atoms with Crippen LogP contribution in [-0.2, 0) is 5.41 Å². The Labute approximate surface area is 255 Å². The van der Waals surface area contributed by atoms with Crippen LogP contribution in [-0.4, -0.2) is 9.97 Å². The lowest BCUT2D eigenvalue weighted by Gasteiger charge is -2.26. The molecular formula is C41H36N2. The van der Waals surface area contributed by atoms with E-state index in [-0.39, 0.29) is 5.41 Å². The summed E-state index contributed by atoms with van der Waals surface area (Å²) in [6.07, 6.45) is 17.1. The van der Waals surface area contributed by atoms with E-state index >= 15 is 0 Å². The molecule has 6 rings (SSSR count). The molecule has 2 heteroatoms. The summed E-state index contributed by atoms with van der Waals surface area (Å²) >= 11 is 0. The third-order valence-electron chi connectivity index (χ3n) is 7.45. The van der Waals surface area contributed by atoms with Crippen molar-refractivity contribution in [2.45, 2.75) is 18.8 Å². The molecule has 210 valence electrons. The van der Waals surface area contributed by atoms with Gasteiger partial charge in [-0.3, -0.25) is 4.98 Å². The molecule has 1 atom stereocenters. The first-order valence-corrected chi connectivity index (χ1v) is 14.5. The van der Waals surface area contributed by atoms with Gasteiger partial charge in [0.25, 0.3) is 0 Å². The van der Waals surface area contributed by atoms with Gasteiger partial charge in [0.15, 0.2) is 0 Å². The van der Waals surface area contributed by atoms with Crippen LogP contribution in [0.3, 0.4) is 0 Å². The van der Waals surface area contributed by atoms with Crippen molar-refractivity contribution in [1.82, 2.24) is 9.97 Å². The summed E-state index contributed by atoms with van der Waals surface area (Å²) in [7, 11) is 0. The third-order valence-corrected chi connectivity index (χ3v) is 7.45. The summed E-state index contributed by atoms with van der Waals surface area (Å²) in [5.74, 6) is 0. The van der Waals surface area contributed by atoms with E-state index in [2.05, 4.69) is 105 Å². The van der Waals surface area contributed by atoms with Crippen molar-refractivity contribution in [2.24, 2.45) is 0 Å². The highest BCUT2D eigenvalue weighted by molar-refractivity contribution is 5.80. The zero-order valence-corrected chi connectivity index (χ0v) is 24.6. The van der Waals surface area contributed by atoms with E-state index in [1.807, 2.05) is 72.9 Å². The fourth-order valence-electron chi connectivity index (χ4n) is 4.99. The Morgan fingerprint density at radius 2 is 1.37 bits per heavy atom. The van der Waals surface area contributed by atoms with Crippen molar-refractivity contribution in [2.75, 3.05) is 0 Å². The minimum absolute atomic E-state index is 0.0910. The van der Waals surface area contributed by atoms with Crippen LogP contribution < -0.4 is 0 Å². The Bertz CT molecular complexity index is 1750. The van der Waals surface area contributed by atoms with Crippen LogP contribution in [0.4, 0.5) is 0 Å². The molecule has 2 nitrogen and oxygen atoms in total. The lowest BCUT2D eigenvalue weighted by molar-refractivity contribution is 0.579. The Balaban J connectivity index is 0.000000548. The molecule has 0 aliphatic heterocycles. The van der Waals surface area contributed by atoms with E-state index < -0.39 is 0 Å². The predicted octanol–water partition coefficient (Wildman–Crippen LogP) is 10.7. The molecule has 3 aromatic carbocycles. The predicted molar refractivity (Wildman–Crippen MR) is 183 cm³/mol. The van der Waals surface area contributed by atoms with Crippen molar-refractivity contribution >= 4 is 5.57 Å². The lowest BCUT2D eigenvalue weighted by atomic mass is 9.79. The Morgan fingerprint density at radius 1 is 0.721 bits per heavy atom. The van der Waals surface area contributed by atoms with E-state index in [1.165, 1.54) is 0 Å². The molecule has 2 heterocycles. The fourth-order valence-corrected chi connectivity index (χ4v) is 4.99. The normalized spacial score (nSPS) is 15.5. The fraction of sp³-hybridized carbons (Fsp3) is 0.0732. The van der Waals surface area contributed by atoms with Gasteiger partial charge in [0.05, 0.1) is 17.1 Å². The summed E-state index contributed by atoms with van der Waals surface area (Å²) in [6.45, 7) is 10.3. The molecule has 5 aromatic rings. The summed E-state index contributed by atoms with van der Waals surface area (Å²) in [6, 6.07) is 39.5. The lowest BCUT2D eigenvalue weighted by Crippen LogP contribution is -2.20. The minimum Gasteiger partial charge on any atom is -0.260 e. The molecule has 2 aromatic heterocycles. The molecule has 0 saturated heterocycles. The third kappa shape index (κ3) is 7.49. The van der Waals surface area contributed by atoms with Gasteiger partial charge in [0.1, 0.15) is 0 Å². The smallest absolute Gasteiger partial charge is 0.0715 e. The van der Waals surface area contributed by atoms with Crippen LogP contribution in [0.15, 0.2) is 177 Å². The number of nitrogens with zero attached hydrogens (tertiary/aromatic N) is 2. The molecule has 0 N–H and O–H groups in total. The zero-order chi connectivity index (χ0) is 29.9. The molecule has 1 unspecified atom stereocenters. The number of rotatable bonds is 7. The van der Waals surface area contributed by atoms with E-state index in [0.717, 1.165) is 56.9 Å². The SMILES string of the molecule is C=C/C=C\C(=C)c1cc(-c2cccc(-c3ccnc(C4(C)C=CC=CC4)c3)c2)cc(-c2ccccc2)n1.c1ccccc1. The van der Waals surface area contributed by atoms with Gasteiger partial charge >= 0.3 is 0 Å². The Kier molecular flexibility index (Phi) is 9.51. The van der Waals surface area contributed by atoms with Crippen LogP contribution in [0, 0.1) is 0 Å². The van der Waals surface area contributed by atoms with Crippen molar-refractivity contribution in [3.63, 3.8) is 0 Å². The molecule has 0 amide bonds. The average molecular weight is 557 g/mol. The maximum atomic E-state index is 4.93. The molecule has 0 spiro atoms. The number of benzene rings is 3. The Morgan fingerprint density at radius 3 is 2.05 bits per heavy atom. The maximum absolute atomic E-state index is 4.93. The molecule has 1 aliphatic carbocycles. The number of hydrogen-bond donors (Lipinski definition) is 0. The molecule has 0 radical (unpaired) electrons. The highest BCUT2D eigenvalue weighted by Crippen LogP contribution is 2.35. The van der Waals surface area contributed by atoms with Gasteiger partial charge in [-0.05, 0) is 64.6 Å². The quantitative estimate of drug-likeness (QED) is 0.186. The second-order valence-electron chi connectivity index (χ2n) is 10.7. The van der Waals surface area contributed by atoms with Gasteiger partial charge in [-0.15, -0.1) is 0 Å². The van der Waals surface area contributed by atoms with E-state index in [0.29, 0.717) is 0 Å². The van der Waals surface area contributed by atoms with Crippen molar-refractivity contribution < 1.29 is 0 Å². The van der Waals surface area contributed by atoms with Crippen molar-refractivity contribution in [1.29, 1.82) is 0 Å². The van der Waals surface area contributed by atoms with E-state index in [1.54, 1.807) is 6.08 Å². The largest absolute Gasteiger partial charge is 0.260 e. The molecule has 0 fully saturated rings. The monoisotopic (exact) mass is 556 g/mol. The van der Waals surface area contributed by atoms with Gasteiger partial charge < -0.3 is 0 Å². The van der Waals surface area contributed by atoms with Gasteiger partial charge in [-0.2, -0.15) is 0 Å². The summed E-state index contributed by atoms with van der Waals surface area (Å²) < 4.78 is 0. The van der Waals surface area contributed by atoms with Gasteiger partial charge in [0, 0.05) is 17.2 Å². The maximum Gasteiger partial charge on any atom is 0.0715 e. The summed E-state index contributed by atoms with van der Waals surface area (Å²) in [5.41, 5.74) is 9.21. The molecule has 43 heavy (non-hydrogen) atoms. The van der Waals surface area contributed by atoms with Crippen LogP contribution in [0.5, 0.6) is 0 Å². The second-order valence-corrected chi connectivity index (χ2v) is 10.7. The molecule has 0 saturated carbocycles. The minimum atomic E-state index is -0.0910. The summed E-state index contributed by atoms with van der Waals surface area (Å²) in [5, 5.41) is 0. The number of pyridine rings is 2. The number of allylic oxidation sites excluding steroid dienone is 8. The zero-order valence-electron chi connectivity index (χ0n) is 24.6. The van der Waals surface area contributed by atoms with E-state index in [9.17, 15) is 0 Å². The standard InChI is InChI=1S/C35H30N2.C6H6/c1-4-5-13-26(2)32-23-31(24-33(37-32)27-14-8-6-9-15-27)29-17-12-16-28(22-29)30-18-21-36-34(25-30)35(3)19-10-7-11-20-35;1-2-4-6-5-3-1/h4-19,21-25H,1-2,20H2,3H3;1-6H/b13-5-;. The first kappa shape index (κ1) is 29.2. The molecule has 0 bridgehead atoms. The highest BCUT2D eigenvalue weighted by Gasteiger charge is 2.25. The molecule has 1 aliphatic rings. The van der Waals surface area contributed by atoms with Crippen LogP contribution in [0.1, 0.15) is 24.7 Å². The molecular weight excluding hydrogens is 520 g/mol. The van der Waals surface area contributed by atoms with Gasteiger partial charge in [-0.25, -0.2) is 4.98 Å². The number of aromatic nitrogens is 2. The topological polar surface area (TPSA) is 25.8 Å². The van der Waals surface area contributed by atoms with Crippen molar-refractivity contribution in [3.05, 3.63) is 189 Å². The van der Waals surface area contributed by atoms with Gasteiger partial charge in [-0.1, -0.05) is 148 Å². The number of hydrogen-bond acceptors (Lipinski definition) is 2. The van der Waals surface area contributed by atoms with E-state index in [4.69, 9.17) is 9.97 Å². The van der Waals surface area contributed by atoms with Crippen LogP contribution in [0.25, 0.3) is 39.1 Å². The first-order valence-electron chi connectivity index (χ1n) is 14.5. The van der Waals surface area contributed by atoms with Crippen molar-refractivity contribution in [3.8, 4) is 33.5 Å². The van der Waals surface area contributed by atoms with Crippen LogP contribution in [0.2, 0.25) is 0 Å². The van der Waals surface area contributed by atoms with Gasteiger partial charge in [0.2, 0.25) is 0 Å². The second kappa shape index (κ2) is 14.0. The van der Waals surface area contributed by atoms with Crippen LogP contribution >= 0.6 is 0 Å². The summed E-state index contributed by atoms with van der Waals surface area (Å²) in [4.78, 5) is 9.65. The highest BCUT2D eigenvalue weighted by atomic mass is 14.7.